The number of amides is 1. The SMILES string of the molecule is O=C(O)/C=C/c1ccnc(NC(=O)c2ccc(=O)[nH]n2)c1. The number of hydrogen-bond donors (Lipinski definition) is 3. The third kappa shape index (κ3) is 4.10. The molecule has 21 heavy (non-hydrogen) atoms. The maximum atomic E-state index is 11.9. The van der Waals surface area contributed by atoms with Gasteiger partial charge in [-0.2, -0.15) is 5.10 Å². The van der Waals surface area contributed by atoms with Crippen molar-refractivity contribution in [3.05, 3.63) is 58.1 Å². The minimum Gasteiger partial charge on any atom is -0.478 e. The summed E-state index contributed by atoms with van der Waals surface area (Å²) < 4.78 is 0. The number of carboxylic acids is 1. The lowest BCUT2D eigenvalue weighted by Crippen LogP contribution is -2.18. The zero-order valence-corrected chi connectivity index (χ0v) is 10.6. The molecule has 0 fully saturated rings. The van der Waals surface area contributed by atoms with Gasteiger partial charge in [-0.3, -0.25) is 9.59 Å². The van der Waals surface area contributed by atoms with Crippen LogP contribution < -0.4 is 10.9 Å². The molecule has 2 rings (SSSR count). The molecule has 0 aliphatic heterocycles. The highest BCUT2D eigenvalue weighted by Crippen LogP contribution is 2.09. The monoisotopic (exact) mass is 286 g/mol. The summed E-state index contributed by atoms with van der Waals surface area (Å²) in [5.74, 6) is -1.38. The van der Waals surface area contributed by atoms with Gasteiger partial charge in [-0.05, 0) is 29.8 Å². The van der Waals surface area contributed by atoms with Crippen LogP contribution in [0.25, 0.3) is 6.08 Å². The lowest BCUT2D eigenvalue weighted by molar-refractivity contribution is -0.131. The summed E-state index contributed by atoms with van der Waals surface area (Å²) in [5, 5.41) is 16.8. The van der Waals surface area contributed by atoms with Crippen molar-refractivity contribution < 1.29 is 14.7 Å². The van der Waals surface area contributed by atoms with Crippen molar-refractivity contribution in [1.82, 2.24) is 15.2 Å². The molecule has 2 heterocycles. The second-order valence-corrected chi connectivity index (χ2v) is 3.91. The highest BCUT2D eigenvalue weighted by atomic mass is 16.4. The van der Waals surface area contributed by atoms with Gasteiger partial charge in [0, 0.05) is 18.3 Å². The van der Waals surface area contributed by atoms with E-state index in [1.54, 1.807) is 6.07 Å². The standard InChI is InChI=1S/C13H10N4O4/c18-11-3-2-9(16-17-11)13(21)15-10-7-8(5-6-14-10)1-4-12(19)20/h1-7H,(H,17,18)(H,19,20)(H,14,15,21)/b4-1+. The Morgan fingerprint density at radius 2 is 2.10 bits per heavy atom. The average molecular weight is 286 g/mol. The zero-order valence-electron chi connectivity index (χ0n) is 10.6. The van der Waals surface area contributed by atoms with Crippen molar-refractivity contribution in [3.8, 4) is 0 Å². The summed E-state index contributed by atoms with van der Waals surface area (Å²) in [4.78, 5) is 37.1. The molecule has 3 N–H and O–H groups in total. The topological polar surface area (TPSA) is 125 Å². The van der Waals surface area contributed by atoms with Crippen LogP contribution in [0.3, 0.4) is 0 Å². The maximum absolute atomic E-state index is 11.9. The van der Waals surface area contributed by atoms with E-state index < -0.39 is 17.4 Å². The minimum atomic E-state index is -1.07. The number of carbonyl (C=O) groups is 2. The fraction of sp³-hybridized carbons (Fsp3) is 0. The van der Waals surface area contributed by atoms with Gasteiger partial charge in [-0.15, -0.1) is 0 Å². The molecule has 2 aromatic heterocycles. The third-order valence-corrected chi connectivity index (χ3v) is 2.36. The molecule has 0 radical (unpaired) electrons. The molecule has 1 amide bonds. The number of aromatic nitrogens is 3. The number of aromatic amines is 1. The molecule has 8 heteroatoms. The van der Waals surface area contributed by atoms with Crippen LogP contribution in [0.2, 0.25) is 0 Å². The number of aliphatic carboxylic acids is 1. The molecule has 2 aromatic rings. The number of nitrogens with zero attached hydrogens (tertiary/aromatic N) is 2. The van der Waals surface area contributed by atoms with Crippen LogP contribution in [0.15, 0.2) is 41.3 Å². The Morgan fingerprint density at radius 1 is 1.29 bits per heavy atom. The maximum Gasteiger partial charge on any atom is 0.328 e. The molecular formula is C13H10N4O4. The first-order chi connectivity index (χ1) is 10.0. The van der Waals surface area contributed by atoms with Gasteiger partial charge in [0.1, 0.15) is 11.5 Å². The lowest BCUT2D eigenvalue weighted by atomic mass is 10.2. The number of carbonyl (C=O) groups excluding carboxylic acids is 1. The zero-order chi connectivity index (χ0) is 15.2. The first kappa shape index (κ1) is 14.1. The molecule has 0 aliphatic rings. The largest absolute Gasteiger partial charge is 0.478 e. The minimum absolute atomic E-state index is 0.0304. The van der Waals surface area contributed by atoms with Gasteiger partial charge in [0.15, 0.2) is 0 Å². The van der Waals surface area contributed by atoms with Crippen molar-refractivity contribution in [2.75, 3.05) is 5.32 Å². The first-order valence-corrected chi connectivity index (χ1v) is 5.79. The van der Waals surface area contributed by atoms with E-state index in [2.05, 4.69) is 20.5 Å². The summed E-state index contributed by atoms with van der Waals surface area (Å²) in [6, 6.07) is 5.56. The highest BCUT2D eigenvalue weighted by molar-refractivity contribution is 6.02. The number of pyridine rings is 1. The van der Waals surface area contributed by atoms with Crippen LogP contribution in [0.4, 0.5) is 5.82 Å². The number of nitrogens with one attached hydrogen (secondary N) is 2. The van der Waals surface area contributed by atoms with Gasteiger partial charge in [0.2, 0.25) is 0 Å². The summed E-state index contributed by atoms with van der Waals surface area (Å²) in [7, 11) is 0. The van der Waals surface area contributed by atoms with E-state index in [-0.39, 0.29) is 11.5 Å². The van der Waals surface area contributed by atoms with Crippen molar-refractivity contribution in [3.63, 3.8) is 0 Å². The summed E-state index contributed by atoms with van der Waals surface area (Å²) in [6.07, 6.45) is 3.78. The van der Waals surface area contributed by atoms with E-state index in [4.69, 9.17) is 5.11 Å². The normalized spacial score (nSPS) is 10.5. The van der Waals surface area contributed by atoms with Gasteiger partial charge >= 0.3 is 5.97 Å². The summed E-state index contributed by atoms with van der Waals surface area (Å²) in [5.41, 5.74) is 0.186. The summed E-state index contributed by atoms with van der Waals surface area (Å²) in [6.45, 7) is 0. The van der Waals surface area contributed by atoms with E-state index >= 15 is 0 Å². The van der Waals surface area contributed by atoms with E-state index in [9.17, 15) is 14.4 Å². The number of carboxylic acid groups (broad SMARTS) is 1. The second kappa shape index (κ2) is 6.24. The smallest absolute Gasteiger partial charge is 0.328 e. The number of anilines is 1. The number of hydrogen-bond acceptors (Lipinski definition) is 5. The number of H-pyrrole nitrogens is 1. The van der Waals surface area contributed by atoms with Gasteiger partial charge in [0.05, 0.1) is 0 Å². The molecule has 0 aromatic carbocycles. The molecule has 0 aliphatic carbocycles. The van der Waals surface area contributed by atoms with Gasteiger partial charge < -0.3 is 10.4 Å². The number of rotatable bonds is 4. The van der Waals surface area contributed by atoms with Crippen LogP contribution in [0.5, 0.6) is 0 Å². The Labute approximate surface area is 118 Å². The molecule has 0 saturated heterocycles. The fourth-order valence-corrected chi connectivity index (χ4v) is 1.44. The second-order valence-electron chi connectivity index (χ2n) is 3.91. The molecule has 0 atom stereocenters. The Balaban J connectivity index is 2.14. The molecule has 0 bridgehead atoms. The predicted octanol–water partition coefficient (Wildman–Crippen LogP) is 0.515. The van der Waals surface area contributed by atoms with Gasteiger partial charge in [0.25, 0.3) is 11.5 Å². The Hall–Kier alpha value is -3.29. The van der Waals surface area contributed by atoms with E-state index in [1.165, 1.54) is 30.5 Å². The van der Waals surface area contributed by atoms with Crippen LogP contribution in [-0.2, 0) is 4.79 Å². The first-order valence-electron chi connectivity index (χ1n) is 5.79. The van der Waals surface area contributed by atoms with Crippen LogP contribution in [0, 0.1) is 0 Å². The molecule has 0 saturated carbocycles. The fourth-order valence-electron chi connectivity index (χ4n) is 1.44. The third-order valence-electron chi connectivity index (χ3n) is 2.36. The highest BCUT2D eigenvalue weighted by Gasteiger charge is 2.08. The lowest BCUT2D eigenvalue weighted by Gasteiger charge is -2.03. The Bertz CT molecular complexity index is 746. The van der Waals surface area contributed by atoms with Crippen molar-refractivity contribution in [2.45, 2.75) is 0 Å². The van der Waals surface area contributed by atoms with Crippen molar-refractivity contribution in [1.29, 1.82) is 0 Å². The van der Waals surface area contributed by atoms with Crippen molar-refractivity contribution >= 4 is 23.8 Å². The van der Waals surface area contributed by atoms with Crippen molar-refractivity contribution in [2.24, 2.45) is 0 Å². The predicted molar refractivity (Wildman–Crippen MR) is 73.7 cm³/mol. The van der Waals surface area contributed by atoms with Gasteiger partial charge in [-0.25, -0.2) is 14.9 Å². The van der Waals surface area contributed by atoms with Crippen LogP contribution >= 0.6 is 0 Å². The van der Waals surface area contributed by atoms with E-state index in [0.717, 1.165) is 6.08 Å². The molecular weight excluding hydrogens is 276 g/mol. The van der Waals surface area contributed by atoms with Crippen LogP contribution in [-0.4, -0.2) is 32.2 Å². The molecule has 8 nitrogen and oxygen atoms in total. The average Bonchev–Trinajstić information content (AvgIpc) is 2.46. The molecule has 0 spiro atoms. The molecule has 0 unspecified atom stereocenters. The quantitative estimate of drug-likeness (QED) is 0.703. The van der Waals surface area contributed by atoms with E-state index in [0.29, 0.717) is 5.56 Å². The summed E-state index contributed by atoms with van der Waals surface area (Å²) >= 11 is 0. The molecule has 106 valence electrons. The van der Waals surface area contributed by atoms with Crippen LogP contribution in [0.1, 0.15) is 16.1 Å². The van der Waals surface area contributed by atoms with Gasteiger partial charge in [-0.1, -0.05) is 0 Å². The Morgan fingerprint density at radius 3 is 2.76 bits per heavy atom. The Kier molecular flexibility index (Phi) is 4.20. The van der Waals surface area contributed by atoms with E-state index in [1.807, 2.05) is 0 Å².